The first-order chi connectivity index (χ1) is 23.8. The number of carbonyl (C=O) groups is 2. The van der Waals surface area contributed by atoms with E-state index in [0.717, 1.165) is 5.39 Å². The molecule has 4 heterocycles. The molecule has 3 aromatic heterocycles. The van der Waals surface area contributed by atoms with Gasteiger partial charge in [-0.25, -0.2) is 0 Å². The van der Waals surface area contributed by atoms with Gasteiger partial charge in [-0.3, -0.25) is 14.4 Å². The minimum absolute atomic E-state index is 0.00261. The van der Waals surface area contributed by atoms with Crippen LogP contribution in [0.25, 0.3) is 33.0 Å². The van der Waals surface area contributed by atoms with E-state index in [1.165, 1.54) is 41.3 Å². The molecule has 2 aromatic carbocycles. The van der Waals surface area contributed by atoms with Gasteiger partial charge in [0.05, 0.1) is 35.0 Å². The van der Waals surface area contributed by atoms with Crippen LogP contribution < -0.4 is 15.0 Å². The summed E-state index contributed by atoms with van der Waals surface area (Å²) in [5.41, 5.74) is -1.24. The lowest BCUT2D eigenvalue weighted by molar-refractivity contribution is -0.341. The molecule has 0 unspecified atom stereocenters. The van der Waals surface area contributed by atoms with Gasteiger partial charge in [-0.1, -0.05) is 26.0 Å². The molecule has 0 spiro atoms. The molecule has 5 aromatic rings. The Morgan fingerprint density at radius 2 is 1.86 bits per heavy atom. The molecule has 1 aliphatic heterocycles. The van der Waals surface area contributed by atoms with Crippen molar-refractivity contribution in [2.45, 2.75) is 63.0 Å². The average molecular weight is 693 g/mol. The Kier molecular flexibility index (Phi) is 9.58. The summed E-state index contributed by atoms with van der Waals surface area (Å²) >= 11 is 0. The normalized spacial score (nSPS) is 22.8. The zero-order chi connectivity index (χ0) is 35.7. The van der Waals surface area contributed by atoms with Crippen molar-refractivity contribution in [3.8, 4) is 22.6 Å². The second kappa shape index (κ2) is 13.9. The number of rotatable bonds is 12. The van der Waals surface area contributed by atoms with E-state index in [1.807, 2.05) is 0 Å². The fourth-order valence-electron chi connectivity index (χ4n) is 6.00. The van der Waals surface area contributed by atoms with E-state index in [2.05, 4.69) is 4.98 Å². The summed E-state index contributed by atoms with van der Waals surface area (Å²) in [7, 11) is 0. The highest BCUT2D eigenvalue weighted by Gasteiger charge is 2.62. The highest BCUT2D eigenvalue weighted by atomic mass is 16.8. The van der Waals surface area contributed by atoms with Gasteiger partial charge >= 0.3 is 11.9 Å². The predicted molar refractivity (Wildman–Crippen MR) is 175 cm³/mol. The quantitative estimate of drug-likeness (QED) is 0.0818. The van der Waals surface area contributed by atoms with Crippen LogP contribution in [0.1, 0.15) is 26.7 Å². The molecule has 0 saturated carbocycles. The summed E-state index contributed by atoms with van der Waals surface area (Å²) in [6.07, 6.45) is -3.08. The maximum atomic E-state index is 13.4. The number of hydrogen-bond acceptors (Lipinski definition) is 12. The number of phenolic OH excluding ortho intramolecular Hbond substituents is 1. The monoisotopic (exact) mass is 692 g/mol. The molecular weight excluding hydrogens is 656 g/mol. The Morgan fingerprint density at radius 3 is 2.56 bits per heavy atom. The van der Waals surface area contributed by atoms with E-state index >= 15 is 0 Å². The van der Waals surface area contributed by atoms with Crippen LogP contribution >= 0.6 is 0 Å². The lowest BCUT2D eigenvalue weighted by Crippen LogP contribution is -2.74. The number of nitrogens with one attached hydrogen (secondary N) is 1. The Balaban J connectivity index is 1.37. The topological polar surface area (TPSA) is 223 Å². The number of carboxylic acids is 1. The SMILES string of the molecule is CC(C)C[C@H](O)[C@]1(O)[C@H](On2cc3cc[nH]c3c2)[C@@H](Oc2ccc3c(=O)c(-c4ccc(O)cc4)coc3c2)O[C@@H](COC(=O)CC(=O)O)[C@@H]1O. The number of fused-ring (bicyclic) bond motifs is 2. The second-order valence-electron chi connectivity index (χ2n) is 12.6. The number of benzene rings is 2. The molecule has 6 rings (SSSR count). The van der Waals surface area contributed by atoms with Crippen molar-refractivity contribution in [2.24, 2.45) is 5.92 Å². The minimum Gasteiger partial charge on any atom is -0.508 e. The molecule has 264 valence electrons. The van der Waals surface area contributed by atoms with E-state index in [-0.39, 0.29) is 45.8 Å². The van der Waals surface area contributed by atoms with Crippen molar-refractivity contribution in [1.29, 1.82) is 0 Å². The summed E-state index contributed by atoms with van der Waals surface area (Å²) < 4.78 is 24.4. The Labute approximate surface area is 283 Å². The third kappa shape index (κ3) is 6.89. The fraction of sp³-hybridized carbons (Fsp3) is 0.343. The molecule has 6 N–H and O–H groups in total. The van der Waals surface area contributed by atoms with Crippen molar-refractivity contribution < 1.29 is 58.6 Å². The molecule has 1 aliphatic rings. The summed E-state index contributed by atoms with van der Waals surface area (Å²) in [5.74, 6) is -2.58. The van der Waals surface area contributed by atoms with Gasteiger partial charge in [-0.15, -0.1) is 0 Å². The average Bonchev–Trinajstić information content (AvgIpc) is 3.66. The number of aliphatic carboxylic acids is 1. The Morgan fingerprint density at radius 1 is 1.10 bits per heavy atom. The number of aromatic nitrogens is 2. The third-order valence-corrected chi connectivity index (χ3v) is 8.52. The zero-order valence-electron chi connectivity index (χ0n) is 27.0. The van der Waals surface area contributed by atoms with Crippen LogP contribution in [-0.4, -0.2) is 90.1 Å². The number of ether oxygens (including phenoxy) is 3. The van der Waals surface area contributed by atoms with Crippen LogP contribution in [0, 0.1) is 5.92 Å². The lowest BCUT2D eigenvalue weighted by Gasteiger charge is -2.50. The summed E-state index contributed by atoms with van der Waals surface area (Å²) in [6.45, 7) is 2.91. The molecular formula is C35H36N2O13. The number of aromatic amines is 1. The number of carbonyl (C=O) groups excluding carboxylic acids is 1. The van der Waals surface area contributed by atoms with Gasteiger partial charge in [-0.05, 0) is 48.2 Å². The largest absolute Gasteiger partial charge is 0.508 e. The van der Waals surface area contributed by atoms with Gasteiger partial charge in [0, 0.05) is 17.6 Å². The number of esters is 1. The first kappa shape index (κ1) is 34.5. The number of aliphatic hydroxyl groups is 3. The molecule has 0 bridgehead atoms. The highest BCUT2D eigenvalue weighted by Crippen LogP contribution is 2.38. The number of aliphatic hydroxyl groups excluding tert-OH is 2. The number of carboxylic acid groups (broad SMARTS) is 1. The fourth-order valence-corrected chi connectivity index (χ4v) is 6.00. The van der Waals surface area contributed by atoms with Crippen molar-refractivity contribution in [3.05, 3.63) is 83.6 Å². The van der Waals surface area contributed by atoms with Gasteiger partial charge in [-0.2, -0.15) is 4.73 Å². The van der Waals surface area contributed by atoms with Crippen molar-refractivity contribution in [2.75, 3.05) is 6.61 Å². The molecule has 0 amide bonds. The molecule has 0 aliphatic carbocycles. The standard InChI is InChI=1S/C35H36N2O13/c1-18(2)11-28(39)35(45)32(44)27(17-47-30(42)13-29(40)41)49-34(33(35)50-37-14-20-9-10-36-25(20)15-37)48-22-7-8-23-26(12-22)46-16-24(31(23)43)19-3-5-21(38)6-4-19/h3-10,12,14-16,18,27-28,32-34,36,38-39,44-45H,11,13,17H2,1-2H3,(H,40,41)/t27-,28-,32-,33+,34-,35+/m0/s1. The smallest absolute Gasteiger partial charge is 0.317 e. The van der Waals surface area contributed by atoms with Gasteiger partial charge in [0.1, 0.15) is 48.6 Å². The Bertz CT molecular complexity index is 2020. The molecule has 15 nitrogen and oxygen atoms in total. The second-order valence-corrected chi connectivity index (χ2v) is 12.6. The summed E-state index contributed by atoms with van der Waals surface area (Å²) in [6, 6.07) is 12.2. The highest BCUT2D eigenvalue weighted by molar-refractivity contribution is 5.90. The Hall–Kier alpha value is -5.35. The third-order valence-electron chi connectivity index (χ3n) is 8.52. The molecule has 0 radical (unpaired) electrons. The van der Waals surface area contributed by atoms with Crippen molar-refractivity contribution >= 4 is 33.8 Å². The maximum Gasteiger partial charge on any atom is 0.317 e. The van der Waals surface area contributed by atoms with Gasteiger partial charge in [0.25, 0.3) is 0 Å². The molecule has 1 fully saturated rings. The first-order valence-electron chi connectivity index (χ1n) is 15.8. The summed E-state index contributed by atoms with van der Waals surface area (Å²) in [4.78, 5) is 45.7. The van der Waals surface area contributed by atoms with Crippen LogP contribution in [0.2, 0.25) is 0 Å². The lowest BCUT2D eigenvalue weighted by atomic mass is 9.77. The van der Waals surface area contributed by atoms with Crippen LogP contribution in [0.5, 0.6) is 11.5 Å². The zero-order valence-corrected chi connectivity index (χ0v) is 27.0. The molecule has 50 heavy (non-hydrogen) atoms. The summed E-state index contributed by atoms with van der Waals surface area (Å²) in [5, 5.41) is 54.9. The van der Waals surface area contributed by atoms with Crippen molar-refractivity contribution in [3.63, 3.8) is 0 Å². The number of H-pyrrole nitrogens is 1. The number of phenols is 1. The minimum atomic E-state index is -2.50. The van der Waals surface area contributed by atoms with Crippen LogP contribution in [0.4, 0.5) is 0 Å². The number of aromatic hydroxyl groups is 1. The van der Waals surface area contributed by atoms with E-state index in [1.54, 1.807) is 50.6 Å². The number of hydrogen-bond donors (Lipinski definition) is 6. The number of nitrogens with zero attached hydrogens (tertiary/aromatic N) is 1. The van der Waals surface area contributed by atoms with E-state index in [4.69, 9.17) is 28.6 Å². The van der Waals surface area contributed by atoms with Gasteiger partial charge in [0.15, 0.2) is 11.0 Å². The van der Waals surface area contributed by atoms with E-state index in [9.17, 15) is 34.8 Å². The first-order valence-corrected chi connectivity index (χ1v) is 15.8. The maximum absolute atomic E-state index is 13.4. The van der Waals surface area contributed by atoms with Crippen LogP contribution in [0.15, 0.2) is 82.6 Å². The van der Waals surface area contributed by atoms with Crippen molar-refractivity contribution in [1.82, 2.24) is 9.71 Å². The van der Waals surface area contributed by atoms with Crippen LogP contribution in [0.3, 0.4) is 0 Å². The van der Waals surface area contributed by atoms with Gasteiger partial charge in [0.2, 0.25) is 12.4 Å². The predicted octanol–water partition coefficient (Wildman–Crippen LogP) is 2.57. The van der Waals surface area contributed by atoms with Gasteiger partial charge < -0.3 is 54.0 Å². The molecule has 15 heteroatoms. The molecule has 6 atom stereocenters. The molecule has 1 saturated heterocycles. The van der Waals surface area contributed by atoms with E-state index in [0.29, 0.717) is 11.1 Å². The van der Waals surface area contributed by atoms with Crippen LogP contribution in [-0.2, 0) is 19.1 Å². The van der Waals surface area contributed by atoms with E-state index < -0.39 is 61.3 Å².